The van der Waals surface area contributed by atoms with Crippen molar-refractivity contribution < 1.29 is 9.53 Å². The Morgan fingerprint density at radius 2 is 2.07 bits per heavy atom. The molecule has 5 nitrogen and oxygen atoms in total. The van der Waals surface area contributed by atoms with Crippen LogP contribution in [0.15, 0.2) is 42.5 Å². The van der Waals surface area contributed by atoms with Crippen LogP contribution in [0.5, 0.6) is 0 Å². The molecular weight excluding hydrogens is 350 g/mol. The number of amides is 1. The molecule has 2 N–H and O–H groups in total. The van der Waals surface area contributed by atoms with Gasteiger partial charge in [-0.3, -0.25) is 4.79 Å². The number of carbonyl (C=O) groups excluding carboxylic acids is 1. The average molecular weight is 377 g/mol. The van der Waals surface area contributed by atoms with Crippen LogP contribution in [-0.4, -0.2) is 25.6 Å². The largest absolute Gasteiger partial charge is 0.377 e. The molecule has 2 aromatic carbocycles. The van der Waals surface area contributed by atoms with Crippen LogP contribution in [0.3, 0.4) is 0 Å². The first-order chi connectivity index (χ1) is 13.6. The molecule has 0 spiro atoms. The van der Waals surface area contributed by atoms with E-state index in [1.807, 2.05) is 31.2 Å². The summed E-state index contributed by atoms with van der Waals surface area (Å²) < 4.78 is 5.77. The monoisotopic (exact) mass is 377 g/mol. The first kappa shape index (κ1) is 19.9. The topological polar surface area (TPSA) is 79.3 Å². The van der Waals surface area contributed by atoms with Crippen LogP contribution >= 0.6 is 0 Å². The van der Waals surface area contributed by atoms with Gasteiger partial charge in [-0.05, 0) is 42.0 Å². The van der Waals surface area contributed by atoms with E-state index in [9.17, 15) is 10.1 Å². The van der Waals surface area contributed by atoms with Gasteiger partial charge >= 0.3 is 0 Å². The fourth-order valence-electron chi connectivity index (χ4n) is 3.69. The van der Waals surface area contributed by atoms with E-state index in [4.69, 9.17) is 10.5 Å². The third-order valence-electron chi connectivity index (χ3n) is 5.19. The van der Waals surface area contributed by atoms with Crippen LogP contribution in [0.4, 0.5) is 5.69 Å². The quantitative estimate of drug-likeness (QED) is 0.681. The number of hydrogen-bond acceptors (Lipinski definition) is 4. The summed E-state index contributed by atoms with van der Waals surface area (Å²) in [5, 5.41) is 9.63. The van der Waals surface area contributed by atoms with Gasteiger partial charge in [0.1, 0.15) is 6.07 Å². The Labute approximate surface area is 166 Å². The van der Waals surface area contributed by atoms with Crippen molar-refractivity contribution in [3.05, 3.63) is 64.7 Å². The second kappa shape index (κ2) is 9.38. The van der Waals surface area contributed by atoms with E-state index in [-0.39, 0.29) is 11.8 Å². The standard InChI is InChI=1S/C23H27N3O2/c1-17(23(25)27)12-19-13-20-8-10-26(22(20)21(14-19)15-24)9-5-11-28-16-18-6-3-2-4-7-18/h2-4,6-7,13-14,17H,5,8-12,16H2,1H3,(H2,25,27)/t17-/m1/s1. The zero-order valence-corrected chi connectivity index (χ0v) is 16.4. The molecule has 2 aromatic rings. The first-order valence-corrected chi connectivity index (χ1v) is 9.80. The molecule has 146 valence electrons. The van der Waals surface area contributed by atoms with Crippen molar-refractivity contribution >= 4 is 11.6 Å². The summed E-state index contributed by atoms with van der Waals surface area (Å²) in [5.74, 6) is -0.542. The average Bonchev–Trinajstić information content (AvgIpc) is 3.10. The number of ether oxygens (including phenoxy) is 1. The fourth-order valence-corrected chi connectivity index (χ4v) is 3.69. The van der Waals surface area contributed by atoms with Crippen LogP contribution in [0.1, 0.15) is 35.6 Å². The normalized spacial score (nSPS) is 13.8. The Balaban J connectivity index is 1.57. The second-order valence-corrected chi connectivity index (χ2v) is 7.40. The van der Waals surface area contributed by atoms with E-state index in [2.05, 4.69) is 29.2 Å². The minimum absolute atomic E-state index is 0.233. The lowest BCUT2D eigenvalue weighted by Crippen LogP contribution is -2.24. The lowest BCUT2D eigenvalue weighted by molar-refractivity contribution is -0.121. The molecule has 3 rings (SSSR count). The zero-order valence-electron chi connectivity index (χ0n) is 16.4. The third-order valence-corrected chi connectivity index (χ3v) is 5.19. The molecule has 0 bridgehead atoms. The van der Waals surface area contributed by atoms with Gasteiger partial charge in [0.2, 0.25) is 5.91 Å². The van der Waals surface area contributed by atoms with Gasteiger partial charge in [-0.25, -0.2) is 0 Å². The molecule has 0 unspecified atom stereocenters. The number of benzene rings is 2. The smallest absolute Gasteiger partial charge is 0.220 e. The number of primary amides is 1. The maximum atomic E-state index is 11.3. The Kier molecular flexibility index (Phi) is 6.67. The molecule has 1 aliphatic rings. The summed E-state index contributed by atoms with van der Waals surface area (Å²) in [6, 6.07) is 16.5. The molecule has 0 saturated heterocycles. The minimum Gasteiger partial charge on any atom is -0.377 e. The van der Waals surface area contributed by atoms with Gasteiger partial charge in [-0.1, -0.05) is 43.3 Å². The van der Waals surface area contributed by atoms with E-state index in [0.717, 1.165) is 37.2 Å². The Morgan fingerprint density at radius 1 is 1.29 bits per heavy atom. The highest BCUT2D eigenvalue weighted by atomic mass is 16.5. The van der Waals surface area contributed by atoms with Crippen molar-refractivity contribution in [2.45, 2.75) is 32.8 Å². The molecule has 5 heteroatoms. The van der Waals surface area contributed by atoms with Gasteiger partial charge in [0, 0.05) is 25.6 Å². The van der Waals surface area contributed by atoms with Crippen molar-refractivity contribution in [1.82, 2.24) is 0 Å². The number of fused-ring (bicyclic) bond motifs is 1. The zero-order chi connectivity index (χ0) is 19.9. The molecule has 1 aliphatic heterocycles. The fraction of sp³-hybridized carbons (Fsp3) is 0.391. The Morgan fingerprint density at radius 3 is 2.79 bits per heavy atom. The van der Waals surface area contributed by atoms with Crippen LogP contribution in [0.2, 0.25) is 0 Å². The molecular formula is C23H27N3O2. The maximum absolute atomic E-state index is 11.3. The number of nitriles is 1. The van der Waals surface area contributed by atoms with Gasteiger partial charge in [0.15, 0.2) is 0 Å². The molecule has 28 heavy (non-hydrogen) atoms. The maximum Gasteiger partial charge on any atom is 0.220 e. The summed E-state index contributed by atoms with van der Waals surface area (Å²) in [6.45, 7) is 4.92. The summed E-state index contributed by atoms with van der Waals surface area (Å²) in [5.41, 5.74) is 10.5. The lowest BCUT2D eigenvalue weighted by atomic mass is 9.96. The van der Waals surface area contributed by atoms with Crippen LogP contribution < -0.4 is 10.6 Å². The van der Waals surface area contributed by atoms with Crippen LogP contribution in [0, 0.1) is 17.2 Å². The molecule has 0 fully saturated rings. The highest BCUT2D eigenvalue weighted by Gasteiger charge is 2.24. The number of nitrogens with zero attached hydrogens (tertiary/aromatic N) is 2. The van der Waals surface area contributed by atoms with E-state index < -0.39 is 0 Å². The van der Waals surface area contributed by atoms with Crippen LogP contribution in [-0.2, 0) is 29.0 Å². The summed E-state index contributed by atoms with van der Waals surface area (Å²) in [7, 11) is 0. The summed E-state index contributed by atoms with van der Waals surface area (Å²) in [4.78, 5) is 13.6. The van der Waals surface area contributed by atoms with Crippen molar-refractivity contribution in [1.29, 1.82) is 5.26 Å². The second-order valence-electron chi connectivity index (χ2n) is 7.40. The molecule has 1 atom stereocenters. The van der Waals surface area contributed by atoms with Gasteiger partial charge in [-0.15, -0.1) is 0 Å². The number of rotatable bonds is 9. The van der Waals surface area contributed by atoms with E-state index >= 15 is 0 Å². The molecule has 0 aromatic heterocycles. The van der Waals surface area contributed by atoms with Gasteiger partial charge in [0.05, 0.1) is 17.9 Å². The number of hydrogen-bond donors (Lipinski definition) is 1. The van der Waals surface area contributed by atoms with E-state index in [1.54, 1.807) is 0 Å². The number of anilines is 1. The Bertz CT molecular complexity index is 858. The number of carbonyl (C=O) groups is 1. The SMILES string of the molecule is C[C@H](Cc1cc(C#N)c2c(c1)CCN2CCCOCc1ccccc1)C(N)=O. The van der Waals surface area contributed by atoms with Crippen molar-refractivity contribution in [3.8, 4) is 6.07 Å². The van der Waals surface area contributed by atoms with Gasteiger partial charge in [0.25, 0.3) is 0 Å². The van der Waals surface area contributed by atoms with Crippen LogP contribution in [0.25, 0.3) is 0 Å². The van der Waals surface area contributed by atoms with Crippen molar-refractivity contribution in [2.75, 3.05) is 24.6 Å². The van der Waals surface area contributed by atoms with Gasteiger partial charge in [-0.2, -0.15) is 5.26 Å². The van der Waals surface area contributed by atoms with Crippen molar-refractivity contribution in [3.63, 3.8) is 0 Å². The summed E-state index contributed by atoms with van der Waals surface area (Å²) in [6.07, 6.45) is 2.41. The third kappa shape index (κ3) is 4.90. The highest BCUT2D eigenvalue weighted by Crippen LogP contribution is 2.33. The predicted octanol–water partition coefficient (Wildman–Crippen LogP) is 3.19. The summed E-state index contributed by atoms with van der Waals surface area (Å²) >= 11 is 0. The van der Waals surface area contributed by atoms with Crippen molar-refractivity contribution in [2.24, 2.45) is 11.7 Å². The molecule has 1 amide bonds. The molecule has 0 aliphatic carbocycles. The number of nitrogens with two attached hydrogens (primary N) is 1. The Hall–Kier alpha value is -2.84. The predicted molar refractivity (Wildman–Crippen MR) is 110 cm³/mol. The lowest BCUT2D eigenvalue weighted by Gasteiger charge is -2.21. The molecule has 0 saturated carbocycles. The first-order valence-electron chi connectivity index (χ1n) is 9.80. The molecule has 1 heterocycles. The molecule has 0 radical (unpaired) electrons. The highest BCUT2D eigenvalue weighted by molar-refractivity contribution is 5.77. The van der Waals surface area contributed by atoms with Gasteiger partial charge < -0.3 is 15.4 Å². The van der Waals surface area contributed by atoms with E-state index in [1.165, 1.54) is 11.1 Å². The minimum atomic E-state index is -0.309. The van der Waals surface area contributed by atoms with E-state index in [0.29, 0.717) is 25.2 Å².